The summed E-state index contributed by atoms with van der Waals surface area (Å²) in [6.45, 7) is 2.25. The minimum atomic E-state index is -0.705. The summed E-state index contributed by atoms with van der Waals surface area (Å²) in [6, 6.07) is 10.3. The Bertz CT molecular complexity index is 1060. The van der Waals surface area contributed by atoms with Crippen molar-refractivity contribution in [1.82, 2.24) is 9.88 Å². The molecule has 2 aromatic heterocycles. The van der Waals surface area contributed by atoms with E-state index < -0.39 is 5.63 Å². The molecule has 1 aromatic carbocycles. The second-order valence-electron chi connectivity index (χ2n) is 6.22. The van der Waals surface area contributed by atoms with Gasteiger partial charge in [0.15, 0.2) is 5.58 Å². The molecule has 1 aliphatic heterocycles. The molecule has 1 aliphatic rings. The van der Waals surface area contributed by atoms with Gasteiger partial charge in [-0.25, -0.2) is 9.78 Å². The van der Waals surface area contributed by atoms with Crippen LogP contribution in [0.4, 0.5) is 5.82 Å². The molecular weight excluding hydrogens is 389 g/mol. The van der Waals surface area contributed by atoms with Crippen LogP contribution in [0.3, 0.4) is 0 Å². The van der Waals surface area contributed by atoms with Crippen molar-refractivity contribution in [1.29, 1.82) is 0 Å². The summed E-state index contributed by atoms with van der Waals surface area (Å²) in [6.07, 6.45) is 1.74. The highest BCUT2D eigenvalue weighted by Crippen LogP contribution is 2.27. The van der Waals surface area contributed by atoms with Crippen molar-refractivity contribution >= 4 is 45.9 Å². The number of hydrogen-bond donors (Lipinski definition) is 0. The fraction of sp³-hybridized carbons (Fsp3) is 0.211. The van der Waals surface area contributed by atoms with Gasteiger partial charge < -0.3 is 14.2 Å². The number of carbonyl (C=O) groups excluding carboxylic acids is 1. The second kappa shape index (κ2) is 7.21. The third-order valence-corrected chi connectivity index (χ3v) is 5.02. The Morgan fingerprint density at radius 3 is 2.56 bits per heavy atom. The molecule has 1 fully saturated rings. The molecule has 0 N–H and O–H groups in total. The lowest BCUT2D eigenvalue weighted by molar-refractivity contribution is 0.0742. The van der Waals surface area contributed by atoms with E-state index in [9.17, 15) is 9.59 Å². The van der Waals surface area contributed by atoms with E-state index in [1.54, 1.807) is 17.2 Å². The van der Waals surface area contributed by atoms with Gasteiger partial charge >= 0.3 is 5.63 Å². The Morgan fingerprint density at radius 1 is 1.07 bits per heavy atom. The zero-order valence-electron chi connectivity index (χ0n) is 14.2. The number of aromatic nitrogens is 1. The lowest BCUT2D eigenvalue weighted by Crippen LogP contribution is -2.49. The van der Waals surface area contributed by atoms with Crippen molar-refractivity contribution in [3.05, 3.63) is 68.6 Å². The molecule has 1 amide bonds. The predicted octanol–water partition coefficient (Wildman–Crippen LogP) is 3.46. The van der Waals surface area contributed by atoms with E-state index in [0.29, 0.717) is 36.6 Å². The maximum Gasteiger partial charge on any atom is 0.349 e. The first-order valence-corrected chi connectivity index (χ1v) is 9.17. The fourth-order valence-electron chi connectivity index (χ4n) is 3.16. The smallest absolute Gasteiger partial charge is 0.349 e. The molecular formula is C19H15Cl2N3O3. The minimum absolute atomic E-state index is 0.0212. The number of benzene rings is 1. The van der Waals surface area contributed by atoms with Gasteiger partial charge in [-0.05, 0) is 30.3 Å². The Labute approximate surface area is 164 Å². The van der Waals surface area contributed by atoms with Crippen LogP contribution in [0.2, 0.25) is 10.0 Å². The maximum absolute atomic E-state index is 12.8. The van der Waals surface area contributed by atoms with Crippen LogP contribution in [0.1, 0.15) is 10.4 Å². The maximum atomic E-state index is 12.8. The van der Waals surface area contributed by atoms with Crippen LogP contribution in [0.5, 0.6) is 0 Å². The summed E-state index contributed by atoms with van der Waals surface area (Å²) < 4.78 is 5.27. The van der Waals surface area contributed by atoms with Crippen molar-refractivity contribution in [2.24, 2.45) is 0 Å². The van der Waals surface area contributed by atoms with Gasteiger partial charge in [-0.15, -0.1) is 0 Å². The Balaban J connectivity index is 1.57. The van der Waals surface area contributed by atoms with Crippen molar-refractivity contribution < 1.29 is 9.21 Å². The number of anilines is 1. The molecule has 0 atom stereocenters. The van der Waals surface area contributed by atoms with Crippen molar-refractivity contribution in [2.75, 3.05) is 31.1 Å². The molecule has 0 bridgehead atoms. The summed E-state index contributed by atoms with van der Waals surface area (Å²) in [5.74, 6) is 0.515. The number of rotatable bonds is 2. The highest BCUT2D eigenvalue weighted by atomic mass is 35.5. The highest BCUT2D eigenvalue weighted by molar-refractivity contribution is 6.38. The van der Waals surface area contributed by atoms with Crippen LogP contribution in [0.25, 0.3) is 11.0 Å². The van der Waals surface area contributed by atoms with Crippen molar-refractivity contribution in [3.63, 3.8) is 0 Å². The number of carbonyl (C=O) groups is 1. The number of amides is 1. The average Bonchev–Trinajstić information content (AvgIpc) is 2.68. The quantitative estimate of drug-likeness (QED) is 0.612. The Hall–Kier alpha value is -2.57. The molecule has 0 spiro atoms. The Morgan fingerprint density at radius 2 is 1.85 bits per heavy atom. The minimum Gasteiger partial charge on any atom is -0.421 e. The zero-order chi connectivity index (χ0) is 19.0. The van der Waals surface area contributed by atoms with Gasteiger partial charge in [0.1, 0.15) is 11.4 Å². The largest absolute Gasteiger partial charge is 0.421 e. The molecule has 6 nitrogen and oxygen atoms in total. The first kappa shape index (κ1) is 17.8. The summed E-state index contributed by atoms with van der Waals surface area (Å²) in [5.41, 5.74) is -0.501. The number of piperazine rings is 1. The Kier molecular flexibility index (Phi) is 4.76. The van der Waals surface area contributed by atoms with E-state index in [4.69, 9.17) is 27.6 Å². The topological polar surface area (TPSA) is 66.7 Å². The van der Waals surface area contributed by atoms with Gasteiger partial charge in [-0.3, -0.25) is 4.79 Å². The van der Waals surface area contributed by atoms with Gasteiger partial charge in [-0.2, -0.15) is 0 Å². The lowest BCUT2D eigenvalue weighted by Gasteiger charge is -2.35. The summed E-state index contributed by atoms with van der Waals surface area (Å²) >= 11 is 12.1. The normalized spacial score (nSPS) is 14.6. The molecule has 8 heteroatoms. The van der Waals surface area contributed by atoms with E-state index in [2.05, 4.69) is 9.88 Å². The molecule has 1 saturated heterocycles. The van der Waals surface area contributed by atoms with Gasteiger partial charge in [0.05, 0.1) is 5.02 Å². The average molecular weight is 404 g/mol. The molecule has 0 aliphatic carbocycles. The van der Waals surface area contributed by atoms with E-state index in [1.807, 2.05) is 18.2 Å². The van der Waals surface area contributed by atoms with Gasteiger partial charge in [0, 0.05) is 42.8 Å². The van der Waals surface area contributed by atoms with Gasteiger partial charge in [-0.1, -0.05) is 29.3 Å². The molecule has 0 radical (unpaired) electrons. The lowest BCUT2D eigenvalue weighted by atomic mass is 10.1. The first-order chi connectivity index (χ1) is 13.0. The van der Waals surface area contributed by atoms with Crippen LogP contribution < -0.4 is 10.5 Å². The van der Waals surface area contributed by atoms with E-state index in [1.165, 1.54) is 12.1 Å². The van der Waals surface area contributed by atoms with Crippen LogP contribution in [-0.2, 0) is 0 Å². The molecule has 4 rings (SSSR count). The third-order valence-electron chi connectivity index (χ3n) is 4.52. The molecule has 138 valence electrons. The molecule has 3 aromatic rings. The van der Waals surface area contributed by atoms with Crippen LogP contribution in [0.15, 0.2) is 51.8 Å². The fourth-order valence-corrected chi connectivity index (χ4v) is 3.70. The van der Waals surface area contributed by atoms with E-state index in [0.717, 1.165) is 5.82 Å². The molecule has 0 saturated carbocycles. The monoisotopic (exact) mass is 403 g/mol. The van der Waals surface area contributed by atoms with Gasteiger partial charge in [0.25, 0.3) is 5.91 Å². The van der Waals surface area contributed by atoms with E-state index >= 15 is 0 Å². The number of nitrogens with zero attached hydrogens (tertiary/aromatic N) is 3. The number of halogens is 2. The van der Waals surface area contributed by atoms with Crippen LogP contribution in [-0.4, -0.2) is 42.0 Å². The van der Waals surface area contributed by atoms with Gasteiger partial charge in [0.2, 0.25) is 0 Å². The molecule has 3 heterocycles. The number of fused-ring (bicyclic) bond motifs is 1. The summed E-state index contributed by atoms with van der Waals surface area (Å²) in [4.78, 5) is 33.2. The number of hydrogen-bond acceptors (Lipinski definition) is 5. The first-order valence-electron chi connectivity index (χ1n) is 8.41. The SMILES string of the molecule is O=C(c1cc2cc(Cl)cc(Cl)c2oc1=O)N1CCN(c2ccccn2)CC1. The van der Waals surface area contributed by atoms with Crippen molar-refractivity contribution in [3.8, 4) is 0 Å². The van der Waals surface area contributed by atoms with Crippen LogP contribution >= 0.6 is 23.2 Å². The zero-order valence-corrected chi connectivity index (χ0v) is 15.7. The van der Waals surface area contributed by atoms with E-state index in [-0.39, 0.29) is 22.1 Å². The second-order valence-corrected chi connectivity index (χ2v) is 7.06. The summed E-state index contributed by atoms with van der Waals surface area (Å²) in [7, 11) is 0. The van der Waals surface area contributed by atoms with Crippen molar-refractivity contribution in [2.45, 2.75) is 0 Å². The highest BCUT2D eigenvalue weighted by Gasteiger charge is 2.25. The third kappa shape index (κ3) is 3.50. The molecule has 0 unspecified atom stereocenters. The molecule has 27 heavy (non-hydrogen) atoms. The summed E-state index contributed by atoms with van der Waals surface area (Å²) in [5, 5.41) is 1.16. The standard InChI is InChI=1S/C19H15Cl2N3O3/c20-13-9-12-10-14(19(26)27-17(12)15(21)11-13)18(25)24-7-5-23(6-8-24)16-3-1-2-4-22-16/h1-4,9-11H,5-8H2. The predicted molar refractivity (Wildman–Crippen MR) is 105 cm³/mol. The number of pyridine rings is 1. The van der Waals surface area contributed by atoms with Crippen LogP contribution in [0, 0.1) is 0 Å².